The summed E-state index contributed by atoms with van der Waals surface area (Å²) in [5, 5.41) is 2.88. The zero-order chi connectivity index (χ0) is 18.6. The van der Waals surface area contributed by atoms with Crippen LogP contribution in [0.15, 0.2) is 60.8 Å². The second-order valence-electron chi connectivity index (χ2n) is 5.94. The zero-order valence-electron chi connectivity index (χ0n) is 14.8. The van der Waals surface area contributed by atoms with Gasteiger partial charge in [-0.1, -0.05) is 12.1 Å². The molecule has 3 aromatic rings. The third kappa shape index (κ3) is 3.55. The van der Waals surface area contributed by atoms with Crippen molar-refractivity contribution in [3.63, 3.8) is 0 Å². The number of fused-ring (bicyclic) bond motifs is 1. The Morgan fingerprint density at radius 3 is 2.59 bits per heavy atom. The molecule has 2 aromatic carbocycles. The van der Waals surface area contributed by atoms with Gasteiger partial charge in [-0.3, -0.25) is 9.78 Å². The van der Waals surface area contributed by atoms with Gasteiger partial charge in [-0.05, 0) is 36.4 Å². The van der Waals surface area contributed by atoms with Crippen LogP contribution >= 0.6 is 0 Å². The Morgan fingerprint density at radius 2 is 1.81 bits per heavy atom. The Bertz CT molecular complexity index is 970. The maximum absolute atomic E-state index is 12.5. The molecule has 0 bridgehead atoms. The Hall–Kier alpha value is -3.54. The van der Waals surface area contributed by atoms with Crippen molar-refractivity contribution in [2.24, 2.45) is 0 Å². The Balaban J connectivity index is 1.51. The van der Waals surface area contributed by atoms with Crippen LogP contribution in [-0.2, 0) is 0 Å². The molecule has 0 saturated carbocycles. The van der Waals surface area contributed by atoms with E-state index >= 15 is 0 Å². The van der Waals surface area contributed by atoms with Crippen molar-refractivity contribution >= 4 is 11.6 Å². The highest BCUT2D eigenvalue weighted by molar-refractivity contribution is 6.04. The van der Waals surface area contributed by atoms with E-state index < -0.39 is 0 Å². The van der Waals surface area contributed by atoms with Gasteiger partial charge in [0.1, 0.15) is 24.7 Å². The summed E-state index contributed by atoms with van der Waals surface area (Å²) in [5.41, 5.74) is 2.81. The number of hydrogen-bond acceptors (Lipinski definition) is 5. The first-order valence-corrected chi connectivity index (χ1v) is 8.55. The van der Waals surface area contributed by atoms with Gasteiger partial charge in [-0.15, -0.1) is 0 Å². The summed E-state index contributed by atoms with van der Waals surface area (Å²) >= 11 is 0. The average Bonchev–Trinajstić information content (AvgIpc) is 2.73. The van der Waals surface area contributed by atoms with E-state index in [9.17, 15) is 4.79 Å². The van der Waals surface area contributed by atoms with Crippen LogP contribution in [0, 0.1) is 0 Å². The lowest BCUT2D eigenvalue weighted by Crippen LogP contribution is -2.16. The summed E-state index contributed by atoms with van der Waals surface area (Å²) in [6, 6.07) is 16.2. The average molecular weight is 362 g/mol. The van der Waals surface area contributed by atoms with Gasteiger partial charge in [-0.25, -0.2) is 0 Å². The molecular formula is C21H18N2O4. The third-order valence-corrected chi connectivity index (χ3v) is 4.21. The summed E-state index contributed by atoms with van der Waals surface area (Å²) < 4.78 is 16.4. The van der Waals surface area contributed by atoms with Gasteiger partial charge in [0, 0.05) is 29.1 Å². The van der Waals surface area contributed by atoms with Gasteiger partial charge < -0.3 is 19.5 Å². The molecule has 0 aliphatic carbocycles. The van der Waals surface area contributed by atoms with Crippen LogP contribution in [0.5, 0.6) is 17.2 Å². The van der Waals surface area contributed by atoms with Crippen LogP contribution in [0.2, 0.25) is 0 Å². The molecular weight excluding hydrogens is 344 g/mol. The number of carbonyl (C=O) groups is 1. The van der Waals surface area contributed by atoms with E-state index in [0.717, 1.165) is 11.3 Å². The lowest BCUT2D eigenvalue weighted by Gasteiger charge is -2.19. The highest BCUT2D eigenvalue weighted by atomic mass is 16.6. The topological polar surface area (TPSA) is 69.7 Å². The molecule has 2 heterocycles. The van der Waals surface area contributed by atoms with E-state index in [-0.39, 0.29) is 5.91 Å². The van der Waals surface area contributed by atoms with E-state index in [4.69, 9.17) is 14.2 Å². The van der Waals surface area contributed by atoms with Crippen LogP contribution in [0.25, 0.3) is 11.3 Å². The predicted octanol–water partition coefficient (Wildman–Crippen LogP) is 3.78. The van der Waals surface area contributed by atoms with Gasteiger partial charge in [0.05, 0.1) is 7.11 Å². The van der Waals surface area contributed by atoms with Crippen molar-refractivity contribution in [3.8, 4) is 28.5 Å². The molecule has 1 amide bonds. The fourth-order valence-corrected chi connectivity index (χ4v) is 2.88. The lowest BCUT2D eigenvalue weighted by molar-refractivity contribution is 0.102. The number of rotatable bonds is 4. The third-order valence-electron chi connectivity index (χ3n) is 4.21. The number of pyridine rings is 1. The molecule has 6 nitrogen and oxygen atoms in total. The Morgan fingerprint density at radius 1 is 1.04 bits per heavy atom. The van der Waals surface area contributed by atoms with Gasteiger partial charge in [0.15, 0.2) is 11.5 Å². The number of methoxy groups -OCH3 is 1. The minimum absolute atomic E-state index is 0.203. The Labute approximate surface area is 156 Å². The van der Waals surface area contributed by atoms with Gasteiger partial charge in [0.2, 0.25) is 0 Å². The number of benzene rings is 2. The molecule has 1 aromatic heterocycles. The first-order chi connectivity index (χ1) is 13.2. The van der Waals surface area contributed by atoms with Crippen molar-refractivity contribution in [1.29, 1.82) is 0 Å². The van der Waals surface area contributed by atoms with Crippen molar-refractivity contribution in [2.75, 3.05) is 25.6 Å². The predicted molar refractivity (Wildman–Crippen MR) is 102 cm³/mol. The van der Waals surface area contributed by atoms with Crippen LogP contribution < -0.4 is 19.5 Å². The maximum atomic E-state index is 12.5. The van der Waals surface area contributed by atoms with E-state index in [1.165, 1.54) is 0 Å². The molecule has 0 saturated heterocycles. The largest absolute Gasteiger partial charge is 0.494 e. The summed E-state index contributed by atoms with van der Waals surface area (Å²) in [6.45, 7) is 1.04. The fourth-order valence-electron chi connectivity index (χ4n) is 2.88. The standard InChI is InChI=1S/C21H18N2O4/c1-25-18-3-2-10-22-20(18)14-4-6-15(7-5-14)21(24)23-16-8-9-17-19(13-16)27-12-11-26-17/h2-10,13H,11-12H2,1H3,(H,23,24). The van der Waals surface area contributed by atoms with E-state index in [1.54, 1.807) is 43.6 Å². The fraction of sp³-hybridized carbons (Fsp3) is 0.143. The second kappa shape index (κ2) is 7.37. The van der Waals surface area contributed by atoms with Crippen LogP contribution in [0.3, 0.4) is 0 Å². The Kier molecular flexibility index (Phi) is 4.61. The molecule has 136 valence electrons. The number of aromatic nitrogens is 1. The smallest absolute Gasteiger partial charge is 0.255 e. The first-order valence-electron chi connectivity index (χ1n) is 8.55. The van der Waals surface area contributed by atoms with E-state index in [1.807, 2.05) is 24.3 Å². The quantitative estimate of drug-likeness (QED) is 0.765. The lowest BCUT2D eigenvalue weighted by atomic mass is 10.1. The zero-order valence-corrected chi connectivity index (χ0v) is 14.8. The molecule has 0 fully saturated rings. The van der Waals surface area contributed by atoms with Crippen LogP contribution in [-0.4, -0.2) is 31.2 Å². The molecule has 27 heavy (non-hydrogen) atoms. The first kappa shape index (κ1) is 16.9. The van der Waals surface area contributed by atoms with Crippen molar-refractivity contribution in [1.82, 2.24) is 4.98 Å². The summed E-state index contributed by atoms with van der Waals surface area (Å²) in [6.07, 6.45) is 1.71. The second-order valence-corrected chi connectivity index (χ2v) is 5.94. The number of carbonyl (C=O) groups excluding carboxylic acids is 1. The molecule has 6 heteroatoms. The number of amides is 1. The molecule has 0 spiro atoms. The normalized spacial score (nSPS) is 12.3. The monoisotopic (exact) mass is 362 g/mol. The van der Waals surface area contributed by atoms with Crippen molar-refractivity contribution in [2.45, 2.75) is 0 Å². The highest BCUT2D eigenvalue weighted by Gasteiger charge is 2.14. The van der Waals surface area contributed by atoms with Gasteiger partial charge in [0.25, 0.3) is 5.91 Å². The van der Waals surface area contributed by atoms with Crippen molar-refractivity contribution in [3.05, 3.63) is 66.4 Å². The highest BCUT2D eigenvalue weighted by Crippen LogP contribution is 2.33. The van der Waals surface area contributed by atoms with Gasteiger partial charge in [-0.2, -0.15) is 0 Å². The molecule has 1 aliphatic heterocycles. The number of ether oxygens (including phenoxy) is 3. The van der Waals surface area contributed by atoms with Gasteiger partial charge >= 0.3 is 0 Å². The maximum Gasteiger partial charge on any atom is 0.255 e. The molecule has 0 atom stereocenters. The molecule has 0 radical (unpaired) electrons. The molecule has 1 aliphatic rings. The minimum Gasteiger partial charge on any atom is -0.494 e. The van der Waals surface area contributed by atoms with Crippen LogP contribution in [0.1, 0.15) is 10.4 Å². The molecule has 1 N–H and O–H groups in total. The summed E-state index contributed by atoms with van der Waals surface area (Å²) in [4.78, 5) is 16.9. The number of hydrogen-bond donors (Lipinski definition) is 1. The van der Waals surface area contributed by atoms with E-state index in [2.05, 4.69) is 10.3 Å². The number of nitrogens with zero attached hydrogens (tertiary/aromatic N) is 1. The van der Waals surface area contributed by atoms with E-state index in [0.29, 0.717) is 41.7 Å². The SMILES string of the molecule is COc1cccnc1-c1ccc(C(=O)Nc2ccc3c(c2)OCCO3)cc1. The molecule has 4 rings (SSSR count). The van der Waals surface area contributed by atoms with Crippen LogP contribution in [0.4, 0.5) is 5.69 Å². The number of nitrogens with one attached hydrogen (secondary N) is 1. The number of anilines is 1. The summed E-state index contributed by atoms with van der Waals surface area (Å²) in [7, 11) is 1.61. The summed E-state index contributed by atoms with van der Waals surface area (Å²) in [5.74, 6) is 1.81. The molecule has 0 unspecified atom stereocenters. The minimum atomic E-state index is -0.203. The van der Waals surface area contributed by atoms with Crippen molar-refractivity contribution < 1.29 is 19.0 Å².